The minimum atomic E-state index is -0.358. The van der Waals surface area contributed by atoms with E-state index in [0.717, 1.165) is 53.0 Å². The molecule has 0 saturated heterocycles. The molecule has 0 bridgehead atoms. The van der Waals surface area contributed by atoms with E-state index < -0.39 is 0 Å². The number of aliphatic hydroxyl groups excluding tert-OH is 1. The Morgan fingerprint density at radius 3 is 2.10 bits per heavy atom. The van der Waals surface area contributed by atoms with Crippen molar-refractivity contribution in [2.45, 2.75) is 79.6 Å². The molecule has 6 rings (SSSR count). The average molecular weight is 849 g/mol. The monoisotopic (exact) mass is 849 g/mol. The summed E-state index contributed by atoms with van der Waals surface area (Å²) in [6.45, 7) is 14.7. The fraction of sp³-hybridized carbons (Fsp3) is 0.318. The first-order valence-corrected chi connectivity index (χ1v) is 17.5. The van der Waals surface area contributed by atoms with Crippen LogP contribution in [0.25, 0.3) is 55.1 Å². The minimum absolute atomic E-state index is 0. The summed E-state index contributed by atoms with van der Waals surface area (Å²) in [5.74, 6) is 0.190. The van der Waals surface area contributed by atoms with Crippen molar-refractivity contribution in [1.29, 1.82) is 0 Å². The van der Waals surface area contributed by atoms with Gasteiger partial charge in [-0.1, -0.05) is 114 Å². The van der Waals surface area contributed by atoms with Gasteiger partial charge in [-0.05, 0) is 48.8 Å². The number of ketones is 1. The third kappa shape index (κ3) is 8.09. The SMILES string of the molecule is CC(C)(C)c1cc(-c2nccc3c2oc2c(F)c(-c4ccccc4)ccc23)[c-]c2ccccc12.CCC(CC)C(=O)/C=C(\O)C(CC)CC.[Ir]. The van der Waals surface area contributed by atoms with Crippen molar-refractivity contribution >= 4 is 38.5 Å². The number of carbonyl (C=O) groups is 1. The van der Waals surface area contributed by atoms with Crippen LogP contribution in [-0.2, 0) is 30.3 Å². The normalized spacial score (nSPS) is 12.0. The number of carbonyl (C=O) groups excluding carboxylic acids is 1. The molecule has 0 aliphatic carbocycles. The van der Waals surface area contributed by atoms with E-state index >= 15 is 4.39 Å². The van der Waals surface area contributed by atoms with Crippen molar-refractivity contribution in [1.82, 2.24) is 4.98 Å². The van der Waals surface area contributed by atoms with Gasteiger partial charge in [-0.25, -0.2) is 4.39 Å². The summed E-state index contributed by atoms with van der Waals surface area (Å²) >= 11 is 0. The molecule has 50 heavy (non-hydrogen) atoms. The second kappa shape index (κ2) is 16.7. The van der Waals surface area contributed by atoms with Crippen LogP contribution in [0.4, 0.5) is 4.39 Å². The molecule has 4 nitrogen and oxygen atoms in total. The molecule has 0 spiro atoms. The van der Waals surface area contributed by atoms with E-state index in [4.69, 9.17) is 4.42 Å². The maximum Gasteiger partial charge on any atom is 0.174 e. The van der Waals surface area contributed by atoms with Crippen molar-refractivity contribution in [3.05, 3.63) is 114 Å². The van der Waals surface area contributed by atoms with Crippen LogP contribution in [0.1, 0.15) is 79.7 Å². The van der Waals surface area contributed by atoms with E-state index in [9.17, 15) is 9.90 Å². The van der Waals surface area contributed by atoms with E-state index in [1.165, 1.54) is 17.0 Å². The number of aliphatic hydroxyl groups is 1. The molecule has 1 N–H and O–H groups in total. The van der Waals surface area contributed by atoms with Crippen LogP contribution < -0.4 is 0 Å². The standard InChI is InChI=1S/C31H23FNO.C13H24O2.Ir/c1-31(2,3)26-18-21(17-20-11-7-8-12-22(20)26)28-30-25(15-16-33-28)24-14-13-23(27(32)29(24)34-30)19-9-5-4-6-10-19;1-5-10(6-2)12(14)9-13(15)11(7-3)8-4;/h4-16,18H,1-3H3;9-11,14H,5-8H2,1-4H3;/q-1;;/b;12-9-;. The molecule has 6 heteroatoms. The van der Waals surface area contributed by atoms with E-state index in [1.54, 1.807) is 6.20 Å². The number of fused-ring (bicyclic) bond motifs is 4. The van der Waals surface area contributed by atoms with Crippen molar-refractivity contribution in [2.24, 2.45) is 11.8 Å². The van der Waals surface area contributed by atoms with Gasteiger partial charge in [0.25, 0.3) is 0 Å². The van der Waals surface area contributed by atoms with E-state index in [2.05, 4.69) is 56.1 Å². The van der Waals surface area contributed by atoms with Gasteiger partial charge >= 0.3 is 0 Å². The van der Waals surface area contributed by atoms with E-state index in [-0.39, 0.29) is 60.3 Å². The first kappa shape index (κ1) is 38.7. The van der Waals surface area contributed by atoms with Gasteiger partial charge in [-0.2, -0.15) is 0 Å². The molecule has 0 aliphatic rings. The van der Waals surface area contributed by atoms with Gasteiger partial charge in [-0.3, -0.25) is 9.78 Å². The second-order valence-electron chi connectivity index (χ2n) is 13.7. The number of aromatic nitrogens is 1. The molecule has 0 unspecified atom stereocenters. The quantitative estimate of drug-likeness (QED) is 0.0894. The van der Waals surface area contributed by atoms with E-state index in [0.29, 0.717) is 16.8 Å². The van der Waals surface area contributed by atoms with Crippen molar-refractivity contribution < 1.29 is 38.8 Å². The number of hydrogen-bond acceptors (Lipinski definition) is 4. The Kier molecular flexibility index (Phi) is 12.9. The zero-order valence-electron chi connectivity index (χ0n) is 30.1. The molecule has 0 aliphatic heterocycles. The second-order valence-corrected chi connectivity index (χ2v) is 13.7. The fourth-order valence-corrected chi connectivity index (χ4v) is 6.52. The molecule has 0 amide bonds. The predicted molar refractivity (Wildman–Crippen MR) is 201 cm³/mol. The smallest absolute Gasteiger partial charge is 0.174 e. The van der Waals surface area contributed by atoms with Gasteiger partial charge in [0.15, 0.2) is 17.2 Å². The Morgan fingerprint density at radius 2 is 1.46 bits per heavy atom. The summed E-state index contributed by atoms with van der Waals surface area (Å²) in [5, 5.41) is 13.5. The fourth-order valence-electron chi connectivity index (χ4n) is 6.52. The molecular weight excluding hydrogens is 802 g/mol. The summed E-state index contributed by atoms with van der Waals surface area (Å²) in [6, 6.07) is 29.1. The minimum Gasteiger partial charge on any atom is -0.512 e. The number of hydrogen-bond donors (Lipinski definition) is 1. The molecule has 0 atom stereocenters. The predicted octanol–water partition coefficient (Wildman–Crippen LogP) is 12.6. The van der Waals surface area contributed by atoms with Gasteiger partial charge in [0.05, 0.1) is 5.76 Å². The Balaban J connectivity index is 0.000000301. The van der Waals surface area contributed by atoms with Crippen LogP contribution >= 0.6 is 0 Å². The number of rotatable bonds is 9. The molecular formula is C44H47FIrNO3-. The summed E-state index contributed by atoms with van der Waals surface area (Å²) in [7, 11) is 0. The zero-order chi connectivity index (χ0) is 35.3. The summed E-state index contributed by atoms with van der Waals surface area (Å²) in [5.41, 5.74) is 4.83. The van der Waals surface area contributed by atoms with Crippen LogP contribution in [0.5, 0.6) is 0 Å². The van der Waals surface area contributed by atoms with Crippen molar-refractivity contribution in [3.63, 3.8) is 0 Å². The Hall–Kier alpha value is -4.12. The molecule has 263 valence electrons. The van der Waals surface area contributed by atoms with E-state index in [1.807, 2.05) is 82.3 Å². The maximum atomic E-state index is 15.6. The Bertz CT molecular complexity index is 2100. The number of allylic oxidation sites excluding steroid dienone is 2. The van der Waals surface area contributed by atoms with Crippen LogP contribution in [0.15, 0.2) is 101 Å². The first-order chi connectivity index (χ1) is 23.5. The summed E-state index contributed by atoms with van der Waals surface area (Å²) in [6.07, 6.45) is 6.67. The third-order valence-corrected chi connectivity index (χ3v) is 9.50. The first-order valence-electron chi connectivity index (χ1n) is 17.5. The van der Waals surface area contributed by atoms with Crippen molar-refractivity contribution in [2.75, 3.05) is 0 Å². The largest absolute Gasteiger partial charge is 0.512 e. The van der Waals surface area contributed by atoms with Gasteiger partial charge in [0.2, 0.25) is 0 Å². The topological polar surface area (TPSA) is 63.3 Å². The van der Waals surface area contributed by atoms with Crippen LogP contribution in [0, 0.1) is 23.7 Å². The zero-order valence-corrected chi connectivity index (χ0v) is 32.5. The summed E-state index contributed by atoms with van der Waals surface area (Å²) in [4.78, 5) is 16.4. The molecule has 0 fully saturated rings. The van der Waals surface area contributed by atoms with Gasteiger partial charge in [0, 0.05) is 66.2 Å². The van der Waals surface area contributed by atoms with Crippen LogP contribution in [-0.4, -0.2) is 15.9 Å². The molecule has 6 aromatic rings. The maximum absolute atomic E-state index is 15.6. The Morgan fingerprint density at radius 1 is 0.840 bits per heavy atom. The number of nitrogens with zero attached hydrogens (tertiary/aromatic N) is 1. The number of pyridine rings is 1. The van der Waals surface area contributed by atoms with Crippen LogP contribution in [0.3, 0.4) is 0 Å². The number of benzene rings is 4. The van der Waals surface area contributed by atoms with Crippen LogP contribution in [0.2, 0.25) is 0 Å². The summed E-state index contributed by atoms with van der Waals surface area (Å²) < 4.78 is 21.8. The molecule has 0 saturated carbocycles. The molecule has 4 aromatic carbocycles. The molecule has 2 aromatic heterocycles. The molecule has 1 radical (unpaired) electrons. The van der Waals surface area contributed by atoms with Gasteiger partial charge in [0.1, 0.15) is 5.58 Å². The van der Waals surface area contributed by atoms with Crippen molar-refractivity contribution in [3.8, 4) is 22.4 Å². The third-order valence-electron chi connectivity index (χ3n) is 9.50. The Labute approximate surface area is 309 Å². The molecule has 2 heterocycles. The number of furan rings is 1. The van der Waals surface area contributed by atoms with Gasteiger partial charge < -0.3 is 9.52 Å². The van der Waals surface area contributed by atoms with Gasteiger partial charge in [-0.15, -0.1) is 29.1 Å². The average Bonchev–Trinajstić information content (AvgIpc) is 3.49. The number of halogens is 1.